The van der Waals surface area contributed by atoms with Gasteiger partial charge in [0.2, 0.25) is 0 Å². The third-order valence-corrected chi connectivity index (χ3v) is 2.98. The first-order valence-electron chi connectivity index (χ1n) is 6.67. The fourth-order valence-electron chi connectivity index (χ4n) is 1.78. The van der Waals surface area contributed by atoms with Crippen molar-refractivity contribution >= 4 is 23.7 Å². The van der Waals surface area contributed by atoms with Crippen LogP contribution in [-0.4, -0.2) is 29.9 Å². The summed E-state index contributed by atoms with van der Waals surface area (Å²) in [6.07, 6.45) is -1.02. The first-order chi connectivity index (χ1) is 10.1. The molecule has 0 aromatic heterocycles. The Morgan fingerprint density at radius 2 is 2.00 bits per heavy atom. The number of hydrogen-bond donors (Lipinski definition) is 2. The van der Waals surface area contributed by atoms with Crippen LogP contribution in [-0.2, 0) is 9.53 Å². The van der Waals surface area contributed by atoms with Crippen molar-refractivity contribution in [2.75, 3.05) is 7.11 Å². The van der Waals surface area contributed by atoms with E-state index in [2.05, 4.69) is 5.32 Å². The molecule has 0 bridgehead atoms. The number of amides is 1. The number of benzene rings is 1. The Morgan fingerprint density at radius 1 is 1.36 bits per heavy atom. The second kappa shape index (κ2) is 7.35. The summed E-state index contributed by atoms with van der Waals surface area (Å²) in [5.74, 6) is -0.520. The van der Waals surface area contributed by atoms with Gasteiger partial charge in [-0.2, -0.15) is 0 Å². The van der Waals surface area contributed by atoms with Crippen LogP contribution in [0.25, 0.3) is 0 Å². The molecule has 7 heteroatoms. The molecule has 2 N–H and O–H groups in total. The molecule has 1 rings (SSSR count). The maximum absolute atomic E-state index is 11.9. The van der Waals surface area contributed by atoms with Crippen LogP contribution in [0.3, 0.4) is 0 Å². The molecule has 22 heavy (non-hydrogen) atoms. The van der Waals surface area contributed by atoms with Crippen molar-refractivity contribution in [3.05, 3.63) is 28.8 Å². The molecule has 122 valence electrons. The van der Waals surface area contributed by atoms with Gasteiger partial charge in [0.1, 0.15) is 11.4 Å². The van der Waals surface area contributed by atoms with Crippen LogP contribution >= 0.6 is 11.6 Å². The maximum Gasteiger partial charge on any atom is 0.408 e. The molecule has 0 radical (unpaired) electrons. The minimum absolute atomic E-state index is 0.307. The highest BCUT2D eigenvalue weighted by Gasteiger charge is 2.24. The molecule has 1 aromatic carbocycles. The molecule has 0 aliphatic rings. The highest BCUT2D eigenvalue weighted by Crippen LogP contribution is 2.29. The summed E-state index contributed by atoms with van der Waals surface area (Å²) in [5, 5.41) is 11.9. The van der Waals surface area contributed by atoms with Crippen molar-refractivity contribution in [1.29, 1.82) is 0 Å². The molecule has 1 amide bonds. The monoisotopic (exact) mass is 329 g/mol. The minimum Gasteiger partial charge on any atom is -0.497 e. The fourth-order valence-corrected chi connectivity index (χ4v) is 2.08. The van der Waals surface area contributed by atoms with Gasteiger partial charge in [0.25, 0.3) is 0 Å². The number of carboxylic acids is 1. The molecule has 6 nitrogen and oxygen atoms in total. The third-order valence-electron chi connectivity index (χ3n) is 2.65. The van der Waals surface area contributed by atoms with Crippen molar-refractivity contribution in [2.24, 2.45) is 0 Å². The molecular weight excluding hydrogens is 310 g/mol. The number of carbonyl (C=O) groups excluding carboxylic acids is 1. The topological polar surface area (TPSA) is 84.9 Å². The number of carboxylic acid groups (broad SMARTS) is 1. The van der Waals surface area contributed by atoms with Gasteiger partial charge in [0.05, 0.1) is 19.6 Å². The Labute approximate surface area is 134 Å². The standard InChI is InChI=1S/C15H20ClNO5/c1-15(2,3)22-14(20)17-12(8-13(18)19)10-6-5-9(21-4)7-11(10)16/h5-7,12H,8H2,1-4H3,(H,17,20)(H,18,19). The molecule has 0 aliphatic heterocycles. The second-order valence-corrected chi connectivity index (χ2v) is 6.09. The zero-order valence-corrected chi connectivity index (χ0v) is 13.7. The summed E-state index contributed by atoms with van der Waals surface area (Å²) in [5.41, 5.74) is -0.197. The first kappa shape index (κ1) is 18.1. The number of hydrogen-bond acceptors (Lipinski definition) is 4. The fraction of sp³-hybridized carbons (Fsp3) is 0.467. The molecule has 0 saturated heterocycles. The highest BCUT2D eigenvalue weighted by molar-refractivity contribution is 6.31. The van der Waals surface area contributed by atoms with Crippen LogP contribution in [0.15, 0.2) is 18.2 Å². The number of methoxy groups -OCH3 is 1. The number of carbonyl (C=O) groups is 2. The van der Waals surface area contributed by atoms with Gasteiger partial charge >= 0.3 is 12.1 Å². The van der Waals surface area contributed by atoms with Crippen molar-refractivity contribution in [2.45, 2.75) is 38.8 Å². The lowest BCUT2D eigenvalue weighted by molar-refractivity contribution is -0.137. The van der Waals surface area contributed by atoms with E-state index < -0.39 is 23.7 Å². The summed E-state index contributed by atoms with van der Waals surface area (Å²) < 4.78 is 10.2. The van der Waals surface area contributed by atoms with Gasteiger partial charge in [0.15, 0.2) is 0 Å². The lowest BCUT2D eigenvalue weighted by Crippen LogP contribution is -2.35. The van der Waals surface area contributed by atoms with Crippen molar-refractivity contribution in [3.63, 3.8) is 0 Å². The van der Waals surface area contributed by atoms with Gasteiger partial charge in [-0.25, -0.2) is 4.79 Å². The van der Waals surface area contributed by atoms with Gasteiger partial charge in [-0.15, -0.1) is 0 Å². The normalized spacial score (nSPS) is 12.4. The van der Waals surface area contributed by atoms with E-state index in [1.165, 1.54) is 7.11 Å². The van der Waals surface area contributed by atoms with Crippen LogP contribution in [0.4, 0.5) is 4.79 Å². The maximum atomic E-state index is 11.9. The SMILES string of the molecule is COc1ccc(C(CC(=O)O)NC(=O)OC(C)(C)C)c(Cl)c1. The van der Waals surface area contributed by atoms with Gasteiger partial charge in [-0.05, 0) is 38.5 Å². The number of nitrogens with one attached hydrogen (secondary N) is 1. The summed E-state index contributed by atoms with van der Waals surface area (Å²) in [6.45, 7) is 5.16. The summed E-state index contributed by atoms with van der Waals surface area (Å²) in [6, 6.07) is 4.02. The molecule has 1 aromatic rings. The van der Waals surface area contributed by atoms with Gasteiger partial charge in [-0.3, -0.25) is 4.79 Å². The van der Waals surface area contributed by atoms with E-state index in [9.17, 15) is 9.59 Å². The molecule has 0 spiro atoms. The Morgan fingerprint density at radius 3 is 2.45 bits per heavy atom. The Balaban J connectivity index is 2.98. The first-order valence-corrected chi connectivity index (χ1v) is 7.05. The van der Waals surface area contributed by atoms with Gasteiger partial charge in [0, 0.05) is 5.02 Å². The van der Waals surface area contributed by atoms with E-state index in [0.29, 0.717) is 16.3 Å². The number of rotatable bonds is 5. The lowest BCUT2D eigenvalue weighted by atomic mass is 10.0. The summed E-state index contributed by atoms with van der Waals surface area (Å²) in [4.78, 5) is 22.9. The van der Waals surface area contributed by atoms with Gasteiger partial charge in [-0.1, -0.05) is 17.7 Å². The lowest BCUT2D eigenvalue weighted by Gasteiger charge is -2.23. The smallest absolute Gasteiger partial charge is 0.408 e. The molecule has 0 heterocycles. The number of halogens is 1. The van der Waals surface area contributed by atoms with E-state index >= 15 is 0 Å². The number of alkyl carbamates (subject to hydrolysis) is 1. The van der Waals surface area contributed by atoms with E-state index in [0.717, 1.165) is 0 Å². The minimum atomic E-state index is -1.06. The Bertz CT molecular complexity index is 553. The van der Waals surface area contributed by atoms with Crippen molar-refractivity contribution in [1.82, 2.24) is 5.32 Å². The van der Waals surface area contributed by atoms with Crippen LogP contribution in [0, 0.1) is 0 Å². The van der Waals surface area contributed by atoms with E-state index in [1.54, 1.807) is 39.0 Å². The second-order valence-electron chi connectivity index (χ2n) is 5.68. The average Bonchev–Trinajstić information content (AvgIpc) is 2.34. The molecule has 0 saturated carbocycles. The predicted molar refractivity (Wildman–Crippen MR) is 82.4 cm³/mol. The Hall–Kier alpha value is -1.95. The summed E-state index contributed by atoms with van der Waals surface area (Å²) in [7, 11) is 1.50. The molecule has 0 aliphatic carbocycles. The number of aliphatic carboxylic acids is 1. The molecule has 1 unspecified atom stereocenters. The van der Waals surface area contributed by atoms with Crippen molar-refractivity contribution < 1.29 is 24.2 Å². The molecule has 0 fully saturated rings. The third kappa shape index (κ3) is 5.81. The summed E-state index contributed by atoms with van der Waals surface area (Å²) >= 11 is 6.14. The highest BCUT2D eigenvalue weighted by atomic mass is 35.5. The van der Waals surface area contributed by atoms with E-state index in [-0.39, 0.29) is 6.42 Å². The van der Waals surface area contributed by atoms with Crippen LogP contribution in [0.2, 0.25) is 5.02 Å². The van der Waals surface area contributed by atoms with Gasteiger partial charge < -0.3 is 19.9 Å². The van der Waals surface area contributed by atoms with E-state index in [4.69, 9.17) is 26.2 Å². The average molecular weight is 330 g/mol. The van der Waals surface area contributed by atoms with Crippen molar-refractivity contribution in [3.8, 4) is 5.75 Å². The Kier molecular flexibility index (Phi) is 6.05. The van der Waals surface area contributed by atoms with Crippen LogP contribution in [0.5, 0.6) is 5.75 Å². The molecule has 1 atom stereocenters. The van der Waals surface area contributed by atoms with Crippen LogP contribution in [0.1, 0.15) is 38.8 Å². The number of ether oxygens (including phenoxy) is 2. The largest absolute Gasteiger partial charge is 0.497 e. The zero-order chi connectivity index (χ0) is 16.9. The predicted octanol–water partition coefficient (Wildman–Crippen LogP) is 3.39. The van der Waals surface area contributed by atoms with E-state index in [1.807, 2.05) is 0 Å². The molecular formula is C15H20ClNO5. The zero-order valence-electron chi connectivity index (χ0n) is 13.0. The quantitative estimate of drug-likeness (QED) is 0.865. The van der Waals surface area contributed by atoms with Crippen LogP contribution < -0.4 is 10.1 Å².